The quantitative estimate of drug-likeness (QED) is 0.519. The Kier molecular flexibility index (Phi) is 6.42. The number of nitrogens with zero attached hydrogens (tertiary/aromatic N) is 5. The highest BCUT2D eigenvalue weighted by Crippen LogP contribution is 2.34. The second-order valence-corrected chi connectivity index (χ2v) is 10.9. The highest BCUT2D eigenvalue weighted by molar-refractivity contribution is 7.99. The third-order valence-corrected chi connectivity index (χ3v) is 8.08. The van der Waals surface area contributed by atoms with Gasteiger partial charge in [-0.15, -0.1) is 10.2 Å². The molecule has 1 saturated heterocycles. The highest BCUT2D eigenvalue weighted by Gasteiger charge is 2.28. The molecule has 1 aliphatic heterocycles. The van der Waals surface area contributed by atoms with Gasteiger partial charge < -0.3 is 9.32 Å². The molecule has 0 radical (unpaired) electrons. The molecule has 0 saturated carbocycles. The minimum Gasteiger partial charge on any atom is -0.419 e. The summed E-state index contributed by atoms with van der Waals surface area (Å²) in [5, 5.41) is 8.89. The molecular weight excluding hydrogens is 434 g/mol. The molecule has 1 fully saturated rings. The fraction of sp³-hybridized carbons (Fsp3) is 0.381. The molecule has 0 spiro atoms. The van der Waals surface area contributed by atoms with Gasteiger partial charge in [0.1, 0.15) is 4.90 Å². The normalized spacial score (nSPS) is 17.0. The fourth-order valence-electron chi connectivity index (χ4n) is 3.29. The van der Waals surface area contributed by atoms with Crippen LogP contribution in [0, 0.1) is 6.92 Å². The molecule has 0 N–H and O–H groups in total. The van der Waals surface area contributed by atoms with Crippen LogP contribution >= 0.6 is 11.8 Å². The number of rotatable bonds is 6. The number of aryl methyl sites for hydroxylation is 1. The van der Waals surface area contributed by atoms with Gasteiger partial charge in [-0.05, 0) is 45.2 Å². The Balaban J connectivity index is 1.43. The summed E-state index contributed by atoms with van der Waals surface area (Å²) >= 11 is 1.44. The topological polar surface area (TPSA) is 92.4 Å². The van der Waals surface area contributed by atoms with Crippen molar-refractivity contribution in [3.05, 3.63) is 54.0 Å². The molecule has 1 aromatic carbocycles. The zero-order valence-electron chi connectivity index (χ0n) is 17.7. The molecule has 31 heavy (non-hydrogen) atoms. The largest absolute Gasteiger partial charge is 0.419 e. The first-order valence-electron chi connectivity index (χ1n) is 10.0. The Labute approximate surface area is 186 Å². The van der Waals surface area contributed by atoms with Crippen molar-refractivity contribution in [3.8, 4) is 11.5 Å². The van der Waals surface area contributed by atoms with E-state index in [-0.39, 0.29) is 10.1 Å². The predicted octanol–water partition coefficient (Wildman–Crippen LogP) is 3.23. The van der Waals surface area contributed by atoms with Crippen LogP contribution < -0.4 is 0 Å². The molecule has 2 aromatic heterocycles. The standard InChI is InChI=1S/C21H25N5O3S2/c1-15-5-4-6-17(13-15)21-24-23-20(29-21)16(2)30-19-8-7-18(14-22-19)31(27,28)26-11-9-25(3)10-12-26/h4-8,13-14,16H,9-12H2,1-3H3/t16-/m1/s1. The van der Waals surface area contributed by atoms with E-state index in [0.29, 0.717) is 29.9 Å². The number of piperazine rings is 1. The average Bonchev–Trinajstić information content (AvgIpc) is 3.25. The summed E-state index contributed by atoms with van der Waals surface area (Å²) in [6.07, 6.45) is 1.43. The van der Waals surface area contributed by atoms with Crippen molar-refractivity contribution in [1.82, 2.24) is 24.4 Å². The van der Waals surface area contributed by atoms with Crippen molar-refractivity contribution < 1.29 is 12.8 Å². The summed E-state index contributed by atoms with van der Waals surface area (Å²) in [7, 11) is -1.53. The Hall–Kier alpha value is -2.27. The average molecular weight is 460 g/mol. The molecule has 1 atom stereocenters. The molecule has 3 heterocycles. The number of benzene rings is 1. The first kappa shape index (κ1) is 21.9. The van der Waals surface area contributed by atoms with Crippen LogP contribution in [-0.4, -0.2) is 66.0 Å². The summed E-state index contributed by atoms with van der Waals surface area (Å²) in [5.41, 5.74) is 2.00. The number of sulfonamides is 1. The fourth-order valence-corrected chi connectivity index (χ4v) is 5.48. The first-order chi connectivity index (χ1) is 14.8. The lowest BCUT2D eigenvalue weighted by atomic mass is 10.1. The summed E-state index contributed by atoms with van der Waals surface area (Å²) in [4.78, 5) is 6.69. The van der Waals surface area contributed by atoms with Crippen molar-refractivity contribution in [3.63, 3.8) is 0 Å². The van der Waals surface area contributed by atoms with Crippen LogP contribution in [0.4, 0.5) is 0 Å². The lowest BCUT2D eigenvalue weighted by molar-refractivity contribution is 0.222. The summed E-state index contributed by atoms with van der Waals surface area (Å²) in [6.45, 7) is 6.41. The summed E-state index contributed by atoms with van der Waals surface area (Å²) in [5.74, 6) is 0.977. The minimum atomic E-state index is -3.52. The third kappa shape index (κ3) is 4.98. The van der Waals surface area contributed by atoms with Gasteiger partial charge in [0.2, 0.25) is 21.8 Å². The lowest BCUT2D eigenvalue weighted by Gasteiger charge is -2.31. The van der Waals surface area contributed by atoms with Crippen molar-refractivity contribution in [2.24, 2.45) is 0 Å². The van der Waals surface area contributed by atoms with Gasteiger partial charge in [-0.2, -0.15) is 4.31 Å². The van der Waals surface area contributed by atoms with Gasteiger partial charge in [0, 0.05) is 37.9 Å². The molecule has 0 bridgehead atoms. The first-order valence-corrected chi connectivity index (χ1v) is 12.4. The lowest BCUT2D eigenvalue weighted by Crippen LogP contribution is -2.47. The molecule has 1 aliphatic rings. The van der Waals surface area contributed by atoms with E-state index in [1.807, 2.05) is 45.2 Å². The van der Waals surface area contributed by atoms with E-state index < -0.39 is 10.0 Å². The number of likely N-dealkylation sites (N-methyl/N-ethyl adjacent to an activating group) is 1. The van der Waals surface area contributed by atoms with E-state index in [1.54, 1.807) is 12.1 Å². The van der Waals surface area contributed by atoms with Gasteiger partial charge in [-0.25, -0.2) is 13.4 Å². The van der Waals surface area contributed by atoms with Crippen molar-refractivity contribution in [1.29, 1.82) is 0 Å². The van der Waals surface area contributed by atoms with Crippen molar-refractivity contribution in [2.75, 3.05) is 33.2 Å². The van der Waals surface area contributed by atoms with E-state index >= 15 is 0 Å². The highest BCUT2D eigenvalue weighted by atomic mass is 32.2. The molecule has 0 amide bonds. The summed E-state index contributed by atoms with van der Waals surface area (Å²) in [6, 6.07) is 11.2. The number of thioether (sulfide) groups is 1. The van der Waals surface area contributed by atoms with E-state index in [0.717, 1.165) is 24.2 Å². The Morgan fingerprint density at radius 3 is 2.55 bits per heavy atom. The molecule has 8 nitrogen and oxygen atoms in total. The number of hydrogen-bond acceptors (Lipinski definition) is 8. The van der Waals surface area contributed by atoms with Crippen LogP contribution in [0.1, 0.15) is 23.6 Å². The molecule has 0 unspecified atom stereocenters. The van der Waals surface area contributed by atoms with Gasteiger partial charge in [-0.3, -0.25) is 0 Å². The van der Waals surface area contributed by atoms with Crippen molar-refractivity contribution in [2.45, 2.75) is 29.0 Å². The number of aromatic nitrogens is 3. The minimum absolute atomic E-state index is 0.126. The van der Waals surface area contributed by atoms with Crippen LogP contribution in [0.2, 0.25) is 0 Å². The maximum absolute atomic E-state index is 12.8. The molecule has 0 aliphatic carbocycles. The van der Waals surface area contributed by atoms with Gasteiger partial charge >= 0.3 is 0 Å². The van der Waals surface area contributed by atoms with Crippen LogP contribution in [-0.2, 0) is 10.0 Å². The van der Waals surface area contributed by atoms with Crippen LogP contribution in [0.15, 0.2) is 56.9 Å². The van der Waals surface area contributed by atoms with Gasteiger partial charge in [-0.1, -0.05) is 29.5 Å². The zero-order valence-corrected chi connectivity index (χ0v) is 19.4. The molecule has 164 valence electrons. The third-order valence-electron chi connectivity index (χ3n) is 5.16. The second kappa shape index (κ2) is 9.07. The second-order valence-electron chi connectivity index (χ2n) is 7.61. The van der Waals surface area contributed by atoms with E-state index in [9.17, 15) is 8.42 Å². The van der Waals surface area contributed by atoms with Gasteiger partial charge in [0.05, 0.1) is 10.3 Å². The molecule has 10 heteroatoms. The summed E-state index contributed by atoms with van der Waals surface area (Å²) < 4.78 is 33.0. The predicted molar refractivity (Wildman–Crippen MR) is 119 cm³/mol. The van der Waals surface area contributed by atoms with E-state index in [1.165, 1.54) is 22.3 Å². The maximum atomic E-state index is 12.8. The van der Waals surface area contributed by atoms with E-state index in [4.69, 9.17) is 4.42 Å². The Morgan fingerprint density at radius 1 is 1.10 bits per heavy atom. The van der Waals surface area contributed by atoms with Crippen LogP contribution in [0.5, 0.6) is 0 Å². The molecule has 4 rings (SSSR count). The Morgan fingerprint density at radius 2 is 1.87 bits per heavy atom. The maximum Gasteiger partial charge on any atom is 0.247 e. The smallest absolute Gasteiger partial charge is 0.247 e. The van der Waals surface area contributed by atoms with Crippen LogP contribution in [0.3, 0.4) is 0 Å². The van der Waals surface area contributed by atoms with Crippen LogP contribution in [0.25, 0.3) is 11.5 Å². The monoisotopic (exact) mass is 459 g/mol. The van der Waals surface area contributed by atoms with E-state index in [2.05, 4.69) is 20.1 Å². The molecule has 3 aromatic rings. The molecular formula is C21H25N5O3S2. The SMILES string of the molecule is Cc1cccc(-c2nnc([C@@H](C)Sc3ccc(S(=O)(=O)N4CCN(C)CC4)cn3)o2)c1. The van der Waals surface area contributed by atoms with Gasteiger partial charge in [0.15, 0.2) is 0 Å². The Bertz CT molecular complexity index is 1140. The van der Waals surface area contributed by atoms with Crippen molar-refractivity contribution >= 4 is 21.8 Å². The number of hydrogen-bond donors (Lipinski definition) is 0. The van der Waals surface area contributed by atoms with Gasteiger partial charge in [0.25, 0.3) is 0 Å². The zero-order chi connectivity index (χ0) is 22.0. The number of pyridine rings is 1.